The Hall–Kier alpha value is -9.50. The van der Waals surface area contributed by atoms with E-state index in [1.807, 2.05) is 140 Å². The second kappa shape index (κ2) is 36.9. The molecule has 446 valence electrons. The van der Waals surface area contributed by atoms with Gasteiger partial charge >= 0.3 is 41.8 Å². The van der Waals surface area contributed by atoms with Gasteiger partial charge in [-0.3, -0.25) is 14.4 Å². The van der Waals surface area contributed by atoms with E-state index in [1.54, 1.807) is 60.7 Å². The van der Waals surface area contributed by atoms with Crippen LogP contribution in [0.1, 0.15) is 77.5 Å². The van der Waals surface area contributed by atoms with Crippen molar-refractivity contribution >= 4 is 52.0 Å². The van der Waals surface area contributed by atoms with Crippen LogP contribution in [0.2, 0.25) is 0 Å². The maximum absolute atomic E-state index is 13.3. The molecule has 85 heavy (non-hydrogen) atoms. The van der Waals surface area contributed by atoms with Crippen LogP contribution in [0.3, 0.4) is 0 Å². The topological polar surface area (TPSA) is 284 Å². The number of quaternary nitrogens is 1. The number of nitrogens with one attached hydrogen (secondary N) is 2. The molecular formula is C65H69N3O16S. The number of urea groups is 1. The molecule has 0 fully saturated rings. The third-order valence-electron chi connectivity index (χ3n) is 12.2. The maximum atomic E-state index is 13.3. The molecule has 7 rings (SSSR count). The molecule has 20 heteroatoms. The summed E-state index contributed by atoms with van der Waals surface area (Å²) in [7, 11) is -4.27. The summed E-state index contributed by atoms with van der Waals surface area (Å²) in [4.78, 5) is 88.1. The SMILES string of the molecule is Cc1ccc(S(=O)(=O)[O-])cc1.O=C(N[C@H](CCC(=O)OCc1ccccc1)C(=O)OCc1ccccc1)N[C@H](CCC(=O)OCc1ccccc1)C(=O)OCc1ccccc1.[NH3+][C@H](CCC(=O)OCc1ccccc1)C(=O)OCc1ccccc1. The highest BCUT2D eigenvalue weighted by Crippen LogP contribution is 2.13. The fraction of sp³-hybridized carbons (Fsp3) is 0.246. The summed E-state index contributed by atoms with van der Waals surface area (Å²) in [6.45, 7) is 2.26. The third-order valence-corrected chi connectivity index (χ3v) is 13.0. The second-order valence-electron chi connectivity index (χ2n) is 19.0. The minimum Gasteiger partial charge on any atom is -0.744 e. The molecule has 3 atom stereocenters. The quantitative estimate of drug-likeness (QED) is 0.0248. The molecule has 5 N–H and O–H groups in total. The number of amides is 2. The van der Waals surface area contributed by atoms with Crippen molar-refractivity contribution in [2.75, 3.05) is 0 Å². The van der Waals surface area contributed by atoms with Crippen LogP contribution in [0, 0.1) is 6.92 Å². The second-order valence-corrected chi connectivity index (χ2v) is 20.4. The summed E-state index contributed by atoms with van der Waals surface area (Å²) in [6.07, 6.45) is -0.224. The Kier molecular flexibility index (Phi) is 28.7. The smallest absolute Gasteiger partial charge is 0.365 e. The van der Waals surface area contributed by atoms with Gasteiger partial charge in [-0.15, -0.1) is 0 Å². The van der Waals surface area contributed by atoms with Crippen molar-refractivity contribution in [1.82, 2.24) is 10.6 Å². The van der Waals surface area contributed by atoms with Crippen LogP contribution in [0.4, 0.5) is 4.79 Å². The molecule has 19 nitrogen and oxygen atoms in total. The Morgan fingerprint density at radius 2 is 0.647 bits per heavy atom. The average molecular weight is 1180 g/mol. The lowest BCUT2D eigenvalue weighted by atomic mass is 10.1. The van der Waals surface area contributed by atoms with E-state index >= 15 is 0 Å². The van der Waals surface area contributed by atoms with Crippen LogP contribution < -0.4 is 16.4 Å². The lowest BCUT2D eigenvalue weighted by Crippen LogP contribution is -2.65. The Bertz CT molecular complexity index is 3130. The summed E-state index contributed by atoms with van der Waals surface area (Å²) in [5.74, 6) is -3.47. The number of carbonyl (C=O) groups excluding carboxylic acids is 7. The van der Waals surface area contributed by atoms with E-state index in [1.165, 1.54) is 12.1 Å². The van der Waals surface area contributed by atoms with E-state index < -0.39 is 64.1 Å². The molecule has 0 aromatic heterocycles. The number of carbonyl (C=O) groups is 7. The number of rotatable bonds is 27. The largest absolute Gasteiger partial charge is 0.744 e. The highest BCUT2D eigenvalue weighted by atomic mass is 32.2. The van der Waals surface area contributed by atoms with Gasteiger partial charge in [0, 0.05) is 19.3 Å². The van der Waals surface area contributed by atoms with Crippen molar-refractivity contribution in [3.63, 3.8) is 0 Å². The molecule has 0 radical (unpaired) electrons. The van der Waals surface area contributed by atoms with Gasteiger partial charge in [0.2, 0.25) is 0 Å². The molecule has 0 spiro atoms. The van der Waals surface area contributed by atoms with Gasteiger partial charge < -0.3 is 49.3 Å². The number of benzene rings is 7. The number of hydrogen-bond acceptors (Lipinski definition) is 16. The molecule has 2 amide bonds. The molecule has 0 aliphatic heterocycles. The van der Waals surface area contributed by atoms with E-state index in [9.17, 15) is 46.5 Å². The first-order valence-corrected chi connectivity index (χ1v) is 28.5. The van der Waals surface area contributed by atoms with Gasteiger partial charge in [0.05, 0.1) is 11.3 Å². The van der Waals surface area contributed by atoms with Crippen molar-refractivity contribution in [2.45, 2.75) is 108 Å². The van der Waals surface area contributed by atoms with Gasteiger partial charge in [-0.2, -0.15) is 0 Å². The van der Waals surface area contributed by atoms with Crippen LogP contribution in [0.5, 0.6) is 0 Å². The van der Waals surface area contributed by atoms with Crippen LogP contribution in [0.15, 0.2) is 211 Å². The van der Waals surface area contributed by atoms with E-state index in [-0.39, 0.29) is 82.6 Å². The van der Waals surface area contributed by atoms with Crippen LogP contribution in [-0.4, -0.2) is 72.9 Å². The lowest BCUT2D eigenvalue weighted by Gasteiger charge is -2.21. The molecule has 0 unspecified atom stereocenters. The number of ether oxygens (including phenoxy) is 6. The zero-order chi connectivity index (χ0) is 61.1. The van der Waals surface area contributed by atoms with Gasteiger partial charge in [0.25, 0.3) is 0 Å². The van der Waals surface area contributed by atoms with Crippen LogP contribution in [0.25, 0.3) is 0 Å². The van der Waals surface area contributed by atoms with Crippen molar-refractivity contribution in [3.05, 3.63) is 245 Å². The zero-order valence-electron chi connectivity index (χ0n) is 47.0. The Morgan fingerprint density at radius 1 is 0.388 bits per heavy atom. The Balaban J connectivity index is 0.000000307. The average Bonchev–Trinajstić information content (AvgIpc) is 3.58. The molecular weight excluding hydrogens is 1110 g/mol. The highest BCUT2D eigenvalue weighted by molar-refractivity contribution is 7.85. The summed E-state index contributed by atoms with van der Waals surface area (Å²) >= 11 is 0. The number of esters is 6. The molecule has 0 aliphatic carbocycles. The number of aryl methyl sites for hydroxylation is 1. The van der Waals surface area contributed by atoms with Gasteiger partial charge in [-0.05, 0) is 65.3 Å². The third kappa shape index (κ3) is 27.4. The molecule has 0 heterocycles. The summed E-state index contributed by atoms with van der Waals surface area (Å²) in [5, 5.41) is 5.04. The standard InChI is InChI=1S/C39H40N2O9.C19H21NO4.C7H8O3S/c42-35(47-25-29-13-5-1-6-14-29)23-21-33(37(44)49-27-31-17-9-3-10-18-31)40-39(46)41-34(38(45)50-28-32-19-11-4-12-20-32)22-24-36(43)48-26-30-15-7-2-8-16-30;20-17(19(22)24-14-16-9-5-2-6-10-16)11-12-18(21)23-13-15-7-3-1-4-8-15;1-6-2-4-7(5-3-6)11(8,9)10/h1-20,33-34H,21-28H2,(H2,40,41,46);1-10,17H,11-14,20H2;2-5H,1H3,(H,8,9,10)/t33-,34-;17-;/m11./s1. The summed E-state index contributed by atoms with van der Waals surface area (Å²) in [6, 6.07) is 56.8. The van der Waals surface area contributed by atoms with E-state index in [2.05, 4.69) is 16.4 Å². The van der Waals surface area contributed by atoms with Crippen molar-refractivity contribution in [1.29, 1.82) is 0 Å². The fourth-order valence-electron chi connectivity index (χ4n) is 7.43. The van der Waals surface area contributed by atoms with E-state index in [4.69, 9.17) is 28.4 Å². The molecule has 0 saturated heterocycles. The molecule has 7 aromatic carbocycles. The first-order valence-electron chi connectivity index (χ1n) is 27.1. The first kappa shape index (κ1) is 66.3. The Morgan fingerprint density at radius 3 is 0.929 bits per heavy atom. The minimum absolute atomic E-state index is 0.0528. The predicted molar refractivity (Wildman–Crippen MR) is 310 cm³/mol. The maximum Gasteiger partial charge on any atom is 0.365 e. The lowest BCUT2D eigenvalue weighted by molar-refractivity contribution is -0.409. The van der Waals surface area contributed by atoms with E-state index in [0.29, 0.717) is 6.42 Å². The van der Waals surface area contributed by atoms with Crippen molar-refractivity contribution in [3.8, 4) is 0 Å². The summed E-state index contributed by atoms with van der Waals surface area (Å²) < 4.78 is 63.1. The number of hydrogen-bond donors (Lipinski definition) is 3. The minimum atomic E-state index is -4.27. The van der Waals surface area contributed by atoms with Gasteiger partial charge in [0.1, 0.15) is 61.8 Å². The Labute approximate surface area is 494 Å². The highest BCUT2D eigenvalue weighted by Gasteiger charge is 2.29. The molecule has 0 aliphatic rings. The first-order chi connectivity index (χ1) is 41.0. The molecule has 0 bridgehead atoms. The zero-order valence-corrected chi connectivity index (χ0v) is 47.8. The summed E-state index contributed by atoms with van der Waals surface area (Å²) in [5.41, 5.74) is 9.59. The monoisotopic (exact) mass is 1180 g/mol. The van der Waals surface area contributed by atoms with E-state index in [0.717, 1.165) is 38.9 Å². The van der Waals surface area contributed by atoms with Gasteiger partial charge in [0.15, 0.2) is 6.04 Å². The van der Waals surface area contributed by atoms with Crippen LogP contribution >= 0.6 is 0 Å². The van der Waals surface area contributed by atoms with Crippen LogP contribution in [-0.2, 0) is 107 Å². The fourth-order valence-corrected chi connectivity index (χ4v) is 7.90. The predicted octanol–water partition coefficient (Wildman–Crippen LogP) is 8.32. The van der Waals surface area contributed by atoms with Gasteiger partial charge in [-0.25, -0.2) is 27.6 Å². The van der Waals surface area contributed by atoms with Gasteiger partial charge in [-0.1, -0.05) is 200 Å². The molecule has 0 saturated carbocycles. The van der Waals surface area contributed by atoms with Crippen molar-refractivity contribution in [2.24, 2.45) is 0 Å². The molecule has 7 aromatic rings. The normalized spacial score (nSPS) is 11.6. The van der Waals surface area contributed by atoms with Crippen molar-refractivity contribution < 1.29 is 80.7 Å².